The number of nitrogen functional groups attached to an aromatic ring is 1. The van der Waals surface area contributed by atoms with Crippen molar-refractivity contribution in [2.24, 2.45) is 5.41 Å². The standard InChI is InChI=1S/C18H31N.2C2H6/c1-16(2,3)12-18(7,8)14-9-13(17(4,5)6)10-15(19)11-14;2*1-2/h9-11H,12,19H2,1-8H3;2*1-2H3. The van der Waals surface area contributed by atoms with Crippen molar-refractivity contribution >= 4 is 5.69 Å². The van der Waals surface area contributed by atoms with Gasteiger partial charge in [0.25, 0.3) is 0 Å². The van der Waals surface area contributed by atoms with Crippen LogP contribution < -0.4 is 5.73 Å². The van der Waals surface area contributed by atoms with Gasteiger partial charge in [-0.1, -0.05) is 89.2 Å². The molecule has 0 fully saturated rings. The lowest BCUT2D eigenvalue weighted by Crippen LogP contribution is -2.25. The van der Waals surface area contributed by atoms with E-state index in [0.29, 0.717) is 5.41 Å². The highest BCUT2D eigenvalue weighted by atomic mass is 14.5. The maximum Gasteiger partial charge on any atom is 0.0319 e. The van der Waals surface area contributed by atoms with Crippen LogP contribution in [0.15, 0.2) is 18.2 Å². The molecule has 136 valence electrons. The lowest BCUT2D eigenvalue weighted by molar-refractivity contribution is 0.284. The summed E-state index contributed by atoms with van der Waals surface area (Å²) < 4.78 is 0. The Labute approximate surface area is 147 Å². The Kier molecular flexibility index (Phi) is 9.87. The lowest BCUT2D eigenvalue weighted by atomic mass is 9.71. The molecule has 0 saturated carbocycles. The molecule has 23 heavy (non-hydrogen) atoms. The van der Waals surface area contributed by atoms with Crippen LogP contribution in [0.2, 0.25) is 0 Å². The van der Waals surface area contributed by atoms with E-state index in [-0.39, 0.29) is 10.8 Å². The molecule has 0 spiro atoms. The fraction of sp³-hybridized carbons (Fsp3) is 0.727. The molecule has 0 atom stereocenters. The second kappa shape index (κ2) is 9.35. The van der Waals surface area contributed by atoms with E-state index in [0.717, 1.165) is 12.1 Å². The second-order valence-corrected chi connectivity index (χ2v) is 8.72. The van der Waals surface area contributed by atoms with Crippen LogP contribution in [0.1, 0.15) is 101 Å². The molecule has 0 unspecified atom stereocenters. The fourth-order valence-electron chi connectivity index (χ4n) is 2.90. The van der Waals surface area contributed by atoms with Crippen LogP contribution in [-0.4, -0.2) is 0 Å². The van der Waals surface area contributed by atoms with Gasteiger partial charge < -0.3 is 5.73 Å². The maximum absolute atomic E-state index is 6.12. The van der Waals surface area contributed by atoms with Gasteiger partial charge in [0.05, 0.1) is 0 Å². The summed E-state index contributed by atoms with van der Waals surface area (Å²) in [6.07, 6.45) is 1.15. The Morgan fingerprint density at radius 3 is 1.43 bits per heavy atom. The number of benzene rings is 1. The van der Waals surface area contributed by atoms with Crippen LogP contribution in [0.4, 0.5) is 5.69 Å². The first-order valence-electron chi connectivity index (χ1n) is 9.23. The first-order chi connectivity index (χ1) is 10.3. The summed E-state index contributed by atoms with van der Waals surface area (Å²) in [5.41, 5.74) is 10.3. The van der Waals surface area contributed by atoms with Crippen molar-refractivity contribution in [3.05, 3.63) is 29.3 Å². The lowest BCUT2D eigenvalue weighted by Gasteiger charge is -2.34. The topological polar surface area (TPSA) is 26.0 Å². The van der Waals surface area contributed by atoms with Crippen LogP contribution in [0.3, 0.4) is 0 Å². The molecule has 0 aliphatic rings. The van der Waals surface area contributed by atoms with E-state index in [2.05, 4.69) is 73.6 Å². The third-order valence-electron chi connectivity index (χ3n) is 3.58. The largest absolute Gasteiger partial charge is 0.399 e. The van der Waals surface area contributed by atoms with Gasteiger partial charge in [-0.25, -0.2) is 0 Å². The maximum atomic E-state index is 6.12. The Morgan fingerprint density at radius 1 is 0.696 bits per heavy atom. The van der Waals surface area contributed by atoms with Crippen molar-refractivity contribution in [3.63, 3.8) is 0 Å². The molecule has 0 aromatic heterocycles. The molecule has 0 heterocycles. The molecule has 0 radical (unpaired) electrons. The average molecular weight is 322 g/mol. The summed E-state index contributed by atoms with van der Waals surface area (Å²) >= 11 is 0. The number of rotatable bonds is 2. The zero-order chi connectivity index (χ0) is 19.1. The van der Waals surface area contributed by atoms with Gasteiger partial charge in [-0.2, -0.15) is 0 Å². The van der Waals surface area contributed by atoms with Gasteiger partial charge in [0, 0.05) is 5.69 Å². The van der Waals surface area contributed by atoms with Crippen LogP contribution in [-0.2, 0) is 10.8 Å². The Hall–Kier alpha value is -0.980. The second-order valence-electron chi connectivity index (χ2n) is 8.72. The van der Waals surface area contributed by atoms with Crippen molar-refractivity contribution in [1.82, 2.24) is 0 Å². The van der Waals surface area contributed by atoms with Gasteiger partial charge in [-0.3, -0.25) is 0 Å². The predicted octanol–water partition coefficient (Wildman–Crippen LogP) is 7.33. The highest BCUT2D eigenvalue weighted by Gasteiger charge is 2.28. The quantitative estimate of drug-likeness (QED) is 0.567. The van der Waals surface area contributed by atoms with Gasteiger partial charge in [0.2, 0.25) is 0 Å². The van der Waals surface area contributed by atoms with Crippen LogP contribution >= 0.6 is 0 Å². The highest BCUT2D eigenvalue weighted by Crippen LogP contribution is 2.38. The van der Waals surface area contributed by atoms with Crippen LogP contribution in [0.5, 0.6) is 0 Å². The van der Waals surface area contributed by atoms with Crippen molar-refractivity contribution in [3.8, 4) is 0 Å². The number of nitrogens with two attached hydrogens (primary N) is 1. The molecule has 0 amide bonds. The molecule has 0 aliphatic carbocycles. The molecule has 1 heteroatoms. The molecule has 1 aromatic rings. The number of hydrogen-bond donors (Lipinski definition) is 1. The van der Waals surface area contributed by atoms with Crippen LogP contribution in [0, 0.1) is 5.41 Å². The van der Waals surface area contributed by atoms with Gasteiger partial charge in [0.1, 0.15) is 0 Å². The van der Waals surface area contributed by atoms with E-state index in [9.17, 15) is 0 Å². The van der Waals surface area contributed by atoms with Crippen molar-refractivity contribution in [1.29, 1.82) is 0 Å². The minimum Gasteiger partial charge on any atom is -0.399 e. The minimum atomic E-state index is 0.141. The van der Waals surface area contributed by atoms with E-state index in [4.69, 9.17) is 5.73 Å². The van der Waals surface area contributed by atoms with Gasteiger partial charge >= 0.3 is 0 Å². The third-order valence-corrected chi connectivity index (χ3v) is 3.58. The Balaban J connectivity index is 0. The van der Waals surface area contributed by atoms with Gasteiger partial charge in [0.15, 0.2) is 0 Å². The van der Waals surface area contributed by atoms with Crippen LogP contribution in [0.25, 0.3) is 0 Å². The van der Waals surface area contributed by atoms with Crippen molar-refractivity contribution in [2.45, 2.75) is 100 Å². The van der Waals surface area contributed by atoms with E-state index >= 15 is 0 Å². The molecule has 1 nitrogen and oxygen atoms in total. The zero-order valence-electron chi connectivity index (χ0n) is 18.0. The molecular weight excluding hydrogens is 278 g/mol. The molecular formula is C22H43N. The van der Waals surface area contributed by atoms with Crippen molar-refractivity contribution < 1.29 is 0 Å². The minimum absolute atomic E-state index is 0.141. The molecule has 1 rings (SSSR count). The number of hydrogen-bond acceptors (Lipinski definition) is 1. The Morgan fingerprint density at radius 2 is 1.09 bits per heavy atom. The van der Waals surface area contributed by atoms with Gasteiger partial charge in [-0.15, -0.1) is 0 Å². The fourth-order valence-corrected chi connectivity index (χ4v) is 2.90. The normalized spacial score (nSPS) is 11.8. The third kappa shape index (κ3) is 9.03. The molecule has 0 aliphatic heterocycles. The first kappa shape index (κ1) is 24.3. The predicted molar refractivity (Wildman–Crippen MR) is 109 cm³/mol. The van der Waals surface area contributed by atoms with E-state index in [1.54, 1.807) is 0 Å². The molecule has 1 aromatic carbocycles. The summed E-state index contributed by atoms with van der Waals surface area (Å²) in [5.74, 6) is 0. The van der Waals surface area contributed by atoms with E-state index < -0.39 is 0 Å². The van der Waals surface area contributed by atoms with E-state index in [1.165, 1.54) is 11.1 Å². The smallest absolute Gasteiger partial charge is 0.0319 e. The molecule has 2 N–H and O–H groups in total. The summed E-state index contributed by atoms with van der Waals surface area (Å²) in [6.45, 7) is 26.2. The monoisotopic (exact) mass is 321 g/mol. The SMILES string of the molecule is CC.CC.CC(C)(C)CC(C)(C)c1cc(N)cc(C(C)(C)C)c1. The molecule has 0 saturated heterocycles. The zero-order valence-corrected chi connectivity index (χ0v) is 18.0. The highest BCUT2D eigenvalue weighted by molar-refractivity contribution is 5.48. The summed E-state index contributed by atoms with van der Waals surface area (Å²) in [7, 11) is 0. The van der Waals surface area contributed by atoms with E-state index in [1.807, 2.05) is 27.7 Å². The Bertz CT molecular complexity index is 442. The first-order valence-corrected chi connectivity index (χ1v) is 9.23. The average Bonchev–Trinajstić information content (AvgIpc) is 2.39. The number of anilines is 1. The van der Waals surface area contributed by atoms with Crippen molar-refractivity contribution in [2.75, 3.05) is 5.73 Å². The summed E-state index contributed by atoms with van der Waals surface area (Å²) in [4.78, 5) is 0. The summed E-state index contributed by atoms with van der Waals surface area (Å²) in [5, 5.41) is 0. The summed E-state index contributed by atoms with van der Waals surface area (Å²) in [6, 6.07) is 6.58. The van der Waals surface area contributed by atoms with Gasteiger partial charge in [-0.05, 0) is 45.9 Å². The molecule has 0 bridgehead atoms.